The van der Waals surface area contributed by atoms with Crippen molar-refractivity contribution in [2.24, 2.45) is 14.1 Å². The highest BCUT2D eigenvalue weighted by Crippen LogP contribution is 2.46. The third-order valence-electron chi connectivity index (χ3n) is 6.68. The fraction of sp³-hybridized carbons (Fsp3) is 0.292. The van der Waals surface area contributed by atoms with Crippen molar-refractivity contribution in [2.75, 3.05) is 0 Å². The van der Waals surface area contributed by atoms with E-state index >= 15 is 0 Å². The molecule has 0 spiro atoms. The summed E-state index contributed by atoms with van der Waals surface area (Å²) in [6, 6.07) is 14.6. The number of rotatable bonds is 2. The zero-order chi connectivity index (χ0) is 20.4. The van der Waals surface area contributed by atoms with Crippen molar-refractivity contribution in [3.05, 3.63) is 71.7 Å². The van der Waals surface area contributed by atoms with Crippen molar-refractivity contribution in [3.8, 4) is 11.3 Å². The van der Waals surface area contributed by atoms with E-state index in [2.05, 4.69) is 34.1 Å². The molecule has 1 amide bonds. The Balaban J connectivity index is 1.44. The van der Waals surface area contributed by atoms with E-state index in [4.69, 9.17) is 5.10 Å². The molecule has 6 rings (SSSR count). The van der Waals surface area contributed by atoms with Gasteiger partial charge in [-0.25, -0.2) is 4.98 Å². The van der Waals surface area contributed by atoms with Crippen molar-refractivity contribution < 1.29 is 4.79 Å². The molecule has 1 fully saturated rings. The molecule has 1 saturated heterocycles. The van der Waals surface area contributed by atoms with E-state index < -0.39 is 0 Å². The lowest BCUT2D eigenvalue weighted by atomic mass is 9.94. The predicted molar refractivity (Wildman–Crippen MR) is 115 cm³/mol. The van der Waals surface area contributed by atoms with E-state index in [1.54, 1.807) is 6.20 Å². The minimum absolute atomic E-state index is 0.0434. The second kappa shape index (κ2) is 6.29. The first-order chi connectivity index (χ1) is 14.6. The van der Waals surface area contributed by atoms with Gasteiger partial charge in [0.25, 0.3) is 5.91 Å². The quantitative estimate of drug-likeness (QED) is 0.516. The van der Waals surface area contributed by atoms with Gasteiger partial charge in [-0.1, -0.05) is 30.3 Å². The summed E-state index contributed by atoms with van der Waals surface area (Å²) < 4.78 is 3.93. The molecule has 0 saturated carbocycles. The number of nitrogens with zero attached hydrogens (tertiary/aromatic N) is 5. The number of hydrogen-bond donors (Lipinski definition) is 0. The number of hydrogen-bond acceptors (Lipinski definition) is 3. The zero-order valence-corrected chi connectivity index (χ0v) is 17.1. The standard InChI is InChI=1S/C24H23N5O/c1-27-14-19(17-9-6-12-25-23(17)27)24(30)29-16-10-11-20(29)21-18(13-16)22(28(2)26-21)15-7-4-3-5-8-15/h3-9,12,14,16,20H,10-11,13H2,1-2H3. The first-order valence-electron chi connectivity index (χ1n) is 10.5. The molecule has 4 aromatic rings. The van der Waals surface area contributed by atoms with Crippen LogP contribution in [0.4, 0.5) is 0 Å². The van der Waals surface area contributed by atoms with Gasteiger partial charge in [0.05, 0.1) is 23.0 Å². The summed E-state index contributed by atoms with van der Waals surface area (Å²) in [5.41, 5.74) is 6.32. The van der Waals surface area contributed by atoms with E-state index in [9.17, 15) is 4.79 Å². The highest BCUT2D eigenvalue weighted by molar-refractivity contribution is 6.06. The lowest BCUT2D eigenvalue weighted by Gasteiger charge is -2.34. The molecule has 6 nitrogen and oxygen atoms in total. The molecule has 5 heterocycles. The van der Waals surface area contributed by atoms with E-state index in [0.717, 1.165) is 41.6 Å². The van der Waals surface area contributed by atoms with Crippen LogP contribution in [0.15, 0.2) is 54.9 Å². The molecule has 30 heavy (non-hydrogen) atoms. The van der Waals surface area contributed by atoms with Gasteiger partial charge >= 0.3 is 0 Å². The molecular weight excluding hydrogens is 374 g/mol. The lowest BCUT2D eigenvalue weighted by molar-refractivity contribution is 0.0644. The molecule has 2 aliphatic heterocycles. The number of benzene rings is 1. The maximum Gasteiger partial charge on any atom is 0.256 e. The summed E-state index contributed by atoms with van der Waals surface area (Å²) in [6.07, 6.45) is 6.54. The number of aromatic nitrogens is 4. The van der Waals surface area contributed by atoms with Crippen LogP contribution >= 0.6 is 0 Å². The van der Waals surface area contributed by atoms with Gasteiger partial charge in [-0.15, -0.1) is 0 Å². The molecule has 2 atom stereocenters. The molecule has 150 valence electrons. The first-order valence-corrected chi connectivity index (χ1v) is 10.5. The van der Waals surface area contributed by atoms with E-state index in [-0.39, 0.29) is 18.0 Å². The first kappa shape index (κ1) is 17.4. The van der Waals surface area contributed by atoms with Crippen LogP contribution in [0.1, 0.15) is 40.5 Å². The van der Waals surface area contributed by atoms with Crippen molar-refractivity contribution in [1.82, 2.24) is 24.2 Å². The summed E-state index contributed by atoms with van der Waals surface area (Å²) in [5, 5.41) is 5.82. The summed E-state index contributed by atoms with van der Waals surface area (Å²) in [4.78, 5) is 20.2. The maximum atomic E-state index is 13.7. The smallest absolute Gasteiger partial charge is 0.256 e. The number of carbonyl (C=O) groups is 1. The zero-order valence-electron chi connectivity index (χ0n) is 17.1. The van der Waals surface area contributed by atoms with Gasteiger partial charge in [0.2, 0.25) is 0 Å². The summed E-state index contributed by atoms with van der Waals surface area (Å²) in [6.45, 7) is 0. The van der Waals surface area contributed by atoms with Crippen molar-refractivity contribution in [2.45, 2.75) is 31.3 Å². The second-order valence-electron chi connectivity index (χ2n) is 8.39. The minimum atomic E-state index is 0.0434. The van der Waals surface area contributed by atoms with Crippen molar-refractivity contribution in [3.63, 3.8) is 0 Å². The van der Waals surface area contributed by atoms with Crippen LogP contribution in [-0.4, -0.2) is 36.2 Å². The fourth-order valence-corrected chi connectivity index (χ4v) is 5.43. The summed E-state index contributed by atoms with van der Waals surface area (Å²) in [7, 11) is 3.96. The van der Waals surface area contributed by atoms with E-state index in [1.807, 2.05) is 47.7 Å². The Kier molecular flexibility index (Phi) is 3.66. The molecule has 2 bridgehead atoms. The topological polar surface area (TPSA) is 56.0 Å². The maximum absolute atomic E-state index is 13.7. The number of pyridine rings is 1. The third kappa shape index (κ3) is 2.33. The Bertz CT molecular complexity index is 1290. The molecule has 2 aliphatic rings. The van der Waals surface area contributed by atoms with Gasteiger partial charge in [-0.2, -0.15) is 5.10 Å². The second-order valence-corrected chi connectivity index (χ2v) is 8.39. The summed E-state index contributed by atoms with van der Waals surface area (Å²) >= 11 is 0. The Morgan fingerprint density at radius 1 is 1.07 bits per heavy atom. The Morgan fingerprint density at radius 2 is 1.90 bits per heavy atom. The molecule has 1 aromatic carbocycles. The van der Waals surface area contributed by atoms with Crippen molar-refractivity contribution >= 4 is 16.9 Å². The SMILES string of the molecule is Cn1nc2c(c1-c1ccccc1)CC1CCC2N1C(=O)c1cn(C)c2ncccc12. The number of fused-ring (bicyclic) bond motifs is 5. The largest absolute Gasteiger partial charge is 0.335 e. The predicted octanol–water partition coefficient (Wildman–Crippen LogP) is 3.88. The van der Waals surface area contributed by atoms with Gasteiger partial charge < -0.3 is 9.47 Å². The van der Waals surface area contributed by atoms with Gasteiger partial charge in [-0.05, 0) is 31.4 Å². The van der Waals surface area contributed by atoms with Gasteiger partial charge in [0.15, 0.2) is 0 Å². The van der Waals surface area contributed by atoms with Crippen LogP contribution in [0.2, 0.25) is 0 Å². The van der Waals surface area contributed by atoms with E-state index in [0.29, 0.717) is 0 Å². The molecule has 0 aliphatic carbocycles. The minimum Gasteiger partial charge on any atom is -0.335 e. The lowest BCUT2D eigenvalue weighted by Crippen LogP contribution is -2.41. The fourth-order valence-electron chi connectivity index (χ4n) is 5.43. The molecule has 6 heteroatoms. The number of carbonyl (C=O) groups excluding carboxylic acids is 1. The third-order valence-corrected chi connectivity index (χ3v) is 6.68. The summed E-state index contributed by atoms with van der Waals surface area (Å²) in [5.74, 6) is 0.0960. The van der Waals surface area contributed by atoms with Crippen LogP contribution in [0, 0.1) is 0 Å². The molecule has 2 unspecified atom stereocenters. The van der Waals surface area contributed by atoms with Gasteiger partial charge in [0.1, 0.15) is 5.65 Å². The molecule has 0 radical (unpaired) electrons. The monoisotopic (exact) mass is 397 g/mol. The van der Waals surface area contributed by atoms with E-state index in [1.165, 1.54) is 16.8 Å². The highest BCUT2D eigenvalue weighted by atomic mass is 16.2. The van der Waals surface area contributed by atoms with Crippen LogP contribution in [0.25, 0.3) is 22.3 Å². The van der Waals surface area contributed by atoms with Crippen LogP contribution in [0.3, 0.4) is 0 Å². The highest BCUT2D eigenvalue weighted by Gasteiger charge is 2.46. The Labute approximate surface area is 174 Å². The van der Waals surface area contributed by atoms with Crippen LogP contribution < -0.4 is 0 Å². The van der Waals surface area contributed by atoms with Gasteiger partial charge in [-0.3, -0.25) is 9.48 Å². The van der Waals surface area contributed by atoms with Gasteiger partial charge in [0, 0.05) is 49.0 Å². The number of amides is 1. The molecule has 0 N–H and O–H groups in total. The Morgan fingerprint density at radius 3 is 2.73 bits per heavy atom. The molecule has 3 aromatic heterocycles. The average molecular weight is 397 g/mol. The van der Waals surface area contributed by atoms with Crippen LogP contribution in [0.5, 0.6) is 0 Å². The van der Waals surface area contributed by atoms with Crippen LogP contribution in [-0.2, 0) is 20.5 Å². The molecular formula is C24H23N5O. The van der Waals surface area contributed by atoms with Crippen molar-refractivity contribution in [1.29, 1.82) is 0 Å². The number of aryl methyl sites for hydroxylation is 2. The normalized spacial score (nSPS) is 20.0. The average Bonchev–Trinajstić information content (AvgIpc) is 3.40. The Hall–Kier alpha value is -3.41.